The minimum atomic E-state index is -0.384. The normalized spacial score (nSPS) is 11.7. The zero-order valence-corrected chi connectivity index (χ0v) is 14.9. The minimum Gasteiger partial charge on any atom is -0.506 e. The molecule has 2 aromatic carbocycles. The van der Waals surface area contributed by atoms with Crippen LogP contribution in [-0.2, 0) is 4.79 Å². The van der Waals surface area contributed by atoms with E-state index in [4.69, 9.17) is 5.26 Å². The highest BCUT2D eigenvalue weighted by atomic mass is 16.3. The van der Waals surface area contributed by atoms with Crippen molar-refractivity contribution < 1.29 is 9.90 Å². The summed E-state index contributed by atoms with van der Waals surface area (Å²) < 4.78 is 0. The summed E-state index contributed by atoms with van der Waals surface area (Å²) in [5.74, 6) is -0.501. The summed E-state index contributed by atoms with van der Waals surface area (Å²) in [5.41, 5.74) is 2.65. The molecule has 0 unspecified atom stereocenters. The highest BCUT2D eigenvalue weighted by Gasteiger charge is 2.15. The standard InChI is InChI=1S/C21H21N3O2/c1-3-12-23-21(26)19(20(25)18-7-5-4-6-15(18)2)14-24-17-10-8-16(13-22)9-11-17/h4-11,14,25H,3,12H2,1-2H3,(H,23,26). The molecule has 5 nitrogen and oxygen atoms in total. The number of benzene rings is 2. The number of aliphatic hydroxyl groups excluding tert-OH is 1. The van der Waals surface area contributed by atoms with Gasteiger partial charge in [-0.2, -0.15) is 5.26 Å². The van der Waals surface area contributed by atoms with Crippen LogP contribution in [-0.4, -0.2) is 23.8 Å². The number of hydrogen-bond donors (Lipinski definition) is 2. The van der Waals surface area contributed by atoms with Gasteiger partial charge in [-0.25, -0.2) is 0 Å². The highest BCUT2D eigenvalue weighted by Crippen LogP contribution is 2.20. The average Bonchev–Trinajstić information content (AvgIpc) is 2.67. The Kier molecular flexibility index (Phi) is 6.69. The third-order valence-corrected chi connectivity index (χ3v) is 3.77. The molecular formula is C21H21N3O2. The highest BCUT2D eigenvalue weighted by molar-refractivity contribution is 6.17. The summed E-state index contributed by atoms with van der Waals surface area (Å²) in [6.07, 6.45) is 2.14. The maximum Gasteiger partial charge on any atom is 0.256 e. The predicted molar refractivity (Wildman–Crippen MR) is 103 cm³/mol. The van der Waals surface area contributed by atoms with Crippen molar-refractivity contribution in [3.05, 3.63) is 70.8 Å². The molecule has 0 radical (unpaired) electrons. The van der Waals surface area contributed by atoms with Crippen LogP contribution < -0.4 is 5.32 Å². The maximum absolute atomic E-state index is 12.5. The van der Waals surface area contributed by atoms with E-state index in [1.807, 2.05) is 32.0 Å². The van der Waals surface area contributed by atoms with E-state index >= 15 is 0 Å². The topological polar surface area (TPSA) is 85.5 Å². The lowest BCUT2D eigenvalue weighted by molar-refractivity contribution is -0.116. The van der Waals surface area contributed by atoms with Gasteiger partial charge in [0.1, 0.15) is 5.76 Å². The lowest BCUT2D eigenvalue weighted by Gasteiger charge is -2.10. The summed E-state index contributed by atoms with van der Waals surface area (Å²) in [5, 5.41) is 22.3. The maximum atomic E-state index is 12.5. The van der Waals surface area contributed by atoms with Crippen molar-refractivity contribution >= 4 is 23.6 Å². The van der Waals surface area contributed by atoms with Gasteiger partial charge in [-0.1, -0.05) is 31.2 Å². The van der Waals surface area contributed by atoms with Gasteiger partial charge in [0.05, 0.1) is 22.9 Å². The first-order valence-corrected chi connectivity index (χ1v) is 8.38. The van der Waals surface area contributed by atoms with Crippen molar-refractivity contribution in [2.45, 2.75) is 20.3 Å². The van der Waals surface area contributed by atoms with E-state index in [1.165, 1.54) is 6.21 Å². The summed E-state index contributed by atoms with van der Waals surface area (Å²) in [4.78, 5) is 16.8. The Balaban J connectivity index is 2.42. The van der Waals surface area contributed by atoms with E-state index < -0.39 is 0 Å². The first-order chi connectivity index (χ1) is 12.6. The van der Waals surface area contributed by atoms with Gasteiger partial charge in [0.25, 0.3) is 5.91 Å². The number of rotatable bonds is 6. The van der Waals surface area contributed by atoms with E-state index in [0.29, 0.717) is 23.4 Å². The van der Waals surface area contributed by atoms with Crippen molar-refractivity contribution in [2.75, 3.05) is 6.54 Å². The number of aryl methyl sites for hydroxylation is 1. The Bertz CT molecular complexity index is 875. The number of aliphatic imine (C=N–C) groups is 1. The Labute approximate surface area is 153 Å². The number of nitrogens with zero attached hydrogens (tertiary/aromatic N) is 2. The summed E-state index contributed by atoms with van der Waals surface area (Å²) in [6.45, 7) is 4.33. The van der Waals surface area contributed by atoms with Crippen LogP contribution in [0.4, 0.5) is 5.69 Å². The molecule has 2 rings (SSSR count). The molecule has 0 aliphatic heterocycles. The van der Waals surface area contributed by atoms with Crippen LogP contribution in [0.2, 0.25) is 0 Å². The molecule has 0 aromatic heterocycles. The summed E-state index contributed by atoms with van der Waals surface area (Å²) in [7, 11) is 0. The van der Waals surface area contributed by atoms with Gasteiger partial charge in [0.2, 0.25) is 0 Å². The molecule has 0 fully saturated rings. The lowest BCUT2D eigenvalue weighted by atomic mass is 10.0. The van der Waals surface area contributed by atoms with Gasteiger partial charge in [-0.15, -0.1) is 0 Å². The Morgan fingerprint density at radius 3 is 2.54 bits per heavy atom. The van der Waals surface area contributed by atoms with Crippen LogP contribution in [0.3, 0.4) is 0 Å². The number of amides is 1. The molecule has 0 aliphatic carbocycles. The van der Waals surface area contributed by atoms with E-state index in [2.05, 4.69) is 10.3 Å². The second-order valence-corrected chi connectivity index (χ2v) is 5.75. The molecule has 0 saturated heterocycles. The van der Waals surface area contributed by atoms with Gasteiger partial charge in [-0.05, 0) is 43.2 Å². The van der Waals surface area contributed by atoms with Crippen LogP contribution in [0.1, 0.15) is 30.0 Å². The largest absolute Gasteiger partial charge is 0.506 e. The molecule has 0 spiro atoms. The zero-order chi connectivity index (χ0) is 18.9. The molecule has 5 heteroatoms. The third-order valence-electron chi connectivity index (χ3n) is 3.77. The number of nitriles is 1. The van der Waals surface area contributed by atoms with Crippen LogP contribution in [0.5, 0.6) is 0 Å². The van der Waals surface area contributed by atoms with E-state index in [0.717, 1.165) is 12.0 Å². The number of hydrogen-bond acceptors (Lipinski definition) is 4. The van der Waals surface area contributed by atoms with Crippen molar-refractivity contribution in [3.63, 3.8) is 0 Å². The molecule has 0 bridgehead atoms. The molecule has 26 heavy (non-hydrogen) atoms. The summed E-state index contributed by atoms with van der Waals surface area (Å²) in [6, 6.07) is 16.0. The van der Waals surface area contributed by atoms with E-state index in [9.17, 15) is 9.90 Å². The fourth-order valence-corrected chi connectivity index (χ4v) is 2.31. The molecular weight excluding hydrogens is 326 g/mol. The second kappa shape index (κ2) is 9.19. The van der Waals surface area contributed by atoms with Crippen molar-refractivity contribution in [1.82, 2.24) is 5.32 Å². The molecule has 0 aliphatic rings. The van der Waals surface area contributed by atoms with Gasteiger partial charge in [0, 0.05) is 18.3 Å². The molecule has 132 valence electrons. The van der Waals surface area contributed by atoms with Crippen LogP contribution in [0.15, 0.2) is 59.1 Å². The first kappa shape index (κ1) is 18.9. The molecule has 0 heterocycles. The Morgan fingerprint density at radius 2 is 1.92 bits per heavy atom. The summed E-state index contributed by atoms with van der Waals surface area (Å²) >= 11 is 0. The monoisotopic (exact) mass is 347 g/mol. The van der Waals surface area contributed by atoms with Crippen molar-refractivity contribution in [1.29, 1.82) is 5.26 Å². The predicted octanol–water partition coefficient (Wildman–Crippen LogP) is 4.06. The van der Waals surface area contributed by atoms with Crippen LogP contribution >= 0.6 is 0 Å². The van der Waals surface area contributed by atoms with Crippen LogP contribution in [0.25, 0.3) is 5.76 Å². The quantitative estimate of drug-likeness (QED) is 0.469. The molecule has 2 N–H and O–H groups in total. The number of carbonyl (C=O) groups excluding carboxylic acids is 1. The molecule has 2 aromatic rings. The van der Waals surface area contributed by atoms with Crippen molar-refractivity contribution in [3.8, 4) is 6.07 Å². The SMILES string of the molecule is CCCNC(=O)C(C=Nc1ccc(C#N)cc1)=C(O)c1ccccc1C. The number of carbonyl (C=O) groups is 1. The molecule has 0 saturated carbocycles. The third kappa shape index (κ3) is 4.81. The van der Waals surface area contributed by atoms with Gasteiger partial charge in [-0.3, -0.25) is 9.79 Å². The second-order valence-electron chi connectivity index (χ2n) is 5.75. The van der Waals surface area contributed by atoms with Crippen molar-refractivity contribution in [2.24, 2.45) is 4.99 Å². The fourth-order valence-electron chi connectivity index (χ4n) is 2.31. The van der Waals surface area contributed by atoms with E-state index in [1.54, 1.807) is 36.4 Å². The average molecular weight is 347 g/mol. The molecule has 1 amide bonds. The number of nitrogens with one attached hydrogen (secondary N) is 1. The Hall–Kier alpha value is -3.39. The first-order valence-electron chi connectivity index (χ1n) is 8.38. The van der Waals surface area contributed by atoms with E-state index in [-0.39, 0.29) is 17.2 Å². The van der Waals surface area contributed by atoms with Gasteiger partial charge in [0.15, 0.2) is 0 Å². The lowest BCUT2D eigenvalue weighted by Crippen LogP contribution is -2.27. The smallest absolute Gasteiger partial charge is 0.256 e. The number of aliphatic hydroxyl groups is 1. The van der Waals surface area contributed by atoms with Gasteiger partial charge < -0.3 is 10.4 Å². The van der Waals surface area contributed by atoms with Gasteiger partial charge >= 0.3 is 0 Å². The Morgan fingerprint density at radius 1 is 1.23 bits per heavy atom. The molecule has 0 atom stereocenters. The zero-order valence-electron chi connectivity index (χ0n) is 14.9. The fraction of sp³-hybridized carbons (Fsp3) is 0.190. The van der Waals surface area contributed by atoms with Crippen LogP contribution in [0, 0.1) is 18.3 Å². The minimum absolute atomic E-state index is 0.0945.